The van der Waals surface area contributed by atoms with Gasteiger partial charge in [-0.25, -0.2) is 0 Å². The fourth-order valence-corrected chi connectivity index (χ4v) is 4.44. The van der Waals surface area contributed by atoms with Crippen molar-refractivity contribution in [3.63, 3.8) is 0 Å². The van der Waals surface area contributed by atoms with Crippen LogP contribution in [0, 0.1) is 5.92 Å². The number of amides is 3. The highest BCUT2D eigenvalue weighted by atomic mass is 16.2. The summed E-state index contributed by atoms with van der Waals surface area (Å²) in [5.41, 5.74) is 0.799. The van der Waals surface area contributed by atoms with Gasteiger partial charge in [0.1, 0.15) is 6.04 Å². The lowest BCUT2D eigenvalue weighted by Gasteiger charge is -2.37. The Morgan fingerprint density at radius 2 is 1.47 bits per heavy atom. The number of carbonyl (C=O) groups is 3. The lowest BCUT2D eigenvalue weighted by Crippen LogP contribution is -2.54. The van der Waals surface area contributed by atoms with Crippen LogP contribution in [0.4, 0.5) is 0 Å². The molecule has 0 bridgehead atoms. The molecule has 32 heavy (non-hydrogen) atoms. The molecule has 0 saturated carbocycles. The highest BCUT2D eigenvalue weighted by molar-refractivity contribution is 5.89. The molecule has 1 atom stereocenters. The van der Waals surface area contributed by atoms with Gasteiger partial charge in [-0.2, -0.15) is 0 Å². The Bertz CT molecular complexity index is 752. The maximum absolute atomic E-state index is 13.4. The average molecular weight is 443 g/mol. The molecule has 0 aromatic heterocycles. The van der Waals surface area contributed by atoms with Crippen molar-refractivity contribution in [2.75, 3.05) is 45.8 Å². The Morgan fingerprint density at radius 3 is 2.06 bits per heavy atom. The van der Waals surface area contributed by atoms with Crippen LogP contribution in [0.2, 0.25) is 0 Å². The molecule has 0 aliphatic carbocycles. The molecule has 0 radical (unpaired) electrons. The predicted octanol–water partition coefficient (Wildman–Crippen LogP) is 2.44. The van der Waals surface area contributed by atoms with Gasteiger partial charge in [0.15, 0.2) is 0 Å². The topological polar surface area (TPSA) is 73.0 Å². The van der Waals surface area contributed by atoms with Gasteiger partial charge in [0.2, 0.25) is 17.7 Å². The van der Waals surface area contributed by atoms with Crippen LogP contribution in [0.5, 0.6) is 0 Å². The van der Waals surface area contributed by atoms with E-state index < -0.39 is 6.04 Å². The monoisotopic (exact) mass is 442 g/mol. The van der Waals surface area contributed by atoms with E-state index in [1.165, 1.54) is 12.8 Å². The Labute approximate surface area is 192 Å². The van der Waals surface area contributed by atoms with E-state index in [9.17, 15) is 14.4 Å². The first-order valence-electron chi connectivity index (χ1n) is 12.1. The van der Waals surface area contributed by atoms with Gasteiger partial charge in [-0.15, -0.1) is 0 Å². The van der Waals surface area contributed by atoms with Gasteiger partial charge in [0, 0.05) is 45.7 Å². The minimum absolute atomic E-state index is 0.0770. The maximum atomic E-state index is 13.4. The van der Waals surface area contributed by atoms with E-state index >= 15 is 0 Å². The van der Waals surface area contributed by atoms with Crippen LogP contribution in [0.1, 0.15) is 57.6 Å². The third-order valence-corrected chi connectivity index (χ3v) is 6.28. The first-order chi connectivity index (χ1) is 15.4. The minimum Gasteiger partial charge on any atom is -0.342 e. The molecular formula is C25H38N4O3. The van der Waals surface area contributed by atoms with Crippen molar-refractivity contribution in [1.82, 2.24) is 20.0 Å². The fourth-order valence-electron chi connectivity index (χ4n) is 4.44. The summed E-state index contributed by atoms with van der Waals surface area (Å²) < 4.78 is 0. The molecule has 176 valence electrons. The van der Waals surface area contributed by atoms with E-state index in [4.69, 9.17) is 0 Å². The zero-order chi connectivity index (χ0) is 22.9. The van der Waals surface area contributed by atoms with E-state index in [0.29, 0.717) is 39.1 Å². The Morgan fingerprint density at radius 1 is 0.844 bits per heavy atom. The van der Waals surface area contributed by atoms with Gasteiger partial charge >= 0.3 is 0 Å². The minimum atomic E-state index is -0.673. The summed E-state index contributed by atoms with van der Waals surface area (Å²) in [6, 6.07) is 8.77. The largest absolute Gasteiger partial charge is 0.342 e. The Balaban J connectivity index is 1.56. The molecule has 2 fully saturated rings. The third kappa shape index (κ3) is 7.05. The Hall–Kier alpha value is -2.41. The van der Waals surface area contributed by atoms with Gasteiger partial charge in [-0.3, -0.25) is 19.3 Å². The second-order valence-electron chi connectivity index (χ2n) is 9.41. The first-order valence-corrected chi connectivity index (χ1v) is 12.1. The molecule has 2 heterocycles. The van der Waals surface area contributed by atoms with E-state index in [0.717, 1.165) is 31.5 Å². The predicted molar refractivity (Wildman–Crippen MR) is 125 cm³/mol. The summed E-state index contributed by atoms with van der Waals surface area (Å²) >= 11 is 0. The molecule has 2 aliphatic heterocycles. The molecule has 7 heteroatoms. The molecule has 2 aliphatic rings. The molecule has 1 aromatic rings. The normalized spacial score (nSPS) is 18.8. The lowest BCUT2D eigenvalue weighted by atomic mass is 10.0. The van der Waals surface area contributed by atoms with E-state index in [1.54, 1.807) is 0 Å². The fraction of sp³-hybridized carbons (Fsp3) is 0.640. The molecule has 2 saturated heterocycles. The number of nitrogens with one attached hydrogen (secondary N) is 1. The van der Waals surface area contributed by atoms with Crippen LogP contribution < -0.4 is 5.32 Å². The van der Waals surface area contributed by atoms with Gasteiger partial charge in [-0.1, -0.05) is 57.0 Å². The highest BCUT2D eigenvalue weighted by Crippen LogP contribution is 2.18. The number of nitrogens with zero attached hydrogens (tertiary/aromatic N) is 3. The van der Waals surface area contributed by atoms with Gasteiger partial charge < -0.3 is 15.1 Å². The van der Waals surface area contributed by atoms with E-state index in [-0.39, 0.29) is 23.6 Å². The summed E-state index contributed by atoms with van der Waals surface area (Å²) in [5, 5.41) is 2.95. The molecule has 3 amide bonds. The average Bonchev–Trinajstić information content (AvgIpc) is 3.07. The van der Waals surface area contributed by atoms with Crippen molar-refractivity contribution in [3.8, 4) is 0 Å². The van der Waals surface area contributed by atoms with Crippen molar-refractivity contribution in [2.45, 2.75) is 52.0 Å². The zero-order valence-corrected chi connectivity index (χ0v) is 19.6. The molecule has 1 N–H and O–H groups in total. The van der Waals surface area contributed by atoms with Crippen molar-refractivity contribution in [3.05, 3.63) is 35.9 Å². The second kappa shape index (κ2) is 12.0. The van der Waals surface area contributed by atoms with Crippen molar-refractivity contribution in [1.29, 1.82) is 0 Å². The van der Waals surface area contributed by atoms with Crippen LogP contribution in [0.15, 0.2) is 30.3 Å². The Kier molecular flexibility index (Phi) is 9.09. The maximum Gasteiger partial charge on any atom is 0.249 e. The third-order valence-electron chi connectivity index (χ3n) is 6.28. The van der Waals surface area contributed by atoms with E-state index in [1.807, 2.05) is 54.0 Å². The van der Waals surface area contributed by atoms with Crippen molar-refractivity contribution >= 4 is 17.7 Å². The number of piperazine rings is 1. The first kappa shape index (κ1) is 24.2. The highest BCUT2D eigenvalue weighted by Gasteiger charge is 2.30. The van der Waals surface area contributed by atoms with Crippen LogP contribution in [0.3, 0.4) is 0 Å². The molecule has 1 aromatic carbocycles. The lowest BCUT2D eigenvalue weighted by molar-refractivity contribution is -0.139. The SMILES string of the molecule is CC(C)CC(=O)NC(C(=O)N1CCN(CC(=O)N2CCCCCC2)CC1)c1ccccc1. The summed E-state index contributed by atoms with van der Waals surface area (Å²) in [6.45, 7) is 8.62. The van der Waals surface area contributed by atoms with Crippen LogP contribution in [-0.4, -0.2) is 78.2 Å². The molecule has 1 unspecified atom stereocenters. The number of rotatable bonds is 7. The second-order valence-corrected chi connectivity index (χ2v) is 9.41. The quantitative estimate of drug-likeness (QED) is 0.704. The van der Waals surface area contributed by atoms with Crippen LogP contribution in [0.25, 0.3) is 0 Å². The molecule has 7 nitrogen and oxygen atoms in total. The number of hydrogen-bond acceptors (Lipinski definition) is 4. The van der Waals surface area contributed by atoms with Crippen molar-refractivity contribution < 1.29 is 14.4 Å². The zero-order valence-electron chi connectivity index (χ0n) is 19.6. The van der Waals surface area contributed by atoms with Gasteiger partial charge in [0.25, 0.3) is 0 Å². The number of hydrogen-bond donors (Lipinski definition) is 1. The van der Waals surface area contributed by atoms with Gasteiger partial charge in [-0.05, 0) is 24.3 Å². The standard InChI is InChI=1S/C25H38N4O3/c1-20(2)18-22(30)26-24(21-10-6-5-7-11-21)25(32)29-16-14-27(15-17-29)19-23(31)28-12-8-3-4-9-13-28/h5-7,10-11,20,24H,3-4,8-9,12-19H2,1-2H3,(H,26,30). The van der Waals surface area contributed by atoms with E-state index in [2.05, 4.69) is 10.2 Å². The van der Waals surface area contributed by atoms with Crippen LogP contribution in [-0.2, 0) is 14.4 Å². The smallest absolute Gasteiger partial charge is 0.249 e. The number of benzene rings is 1. The molecule has 3 rings (SSSR count). The van der Waals surface area contributed by atoms with Crippen molar-refractivity contribution in [2.24, 2.45) is 5.92 Å². The summed E-state index contributed by atoms with van der Waals surface area (Å²) in [5.74, 6) is 0.247. The molecular weight excluding hydrogens is 404 g/mol. The number of likely N-dealkylation sites (tertiary alicyclic amines) is 1. The summed E-state index contributed by atoms with van der Waals surface area (Å²) in [4.78, 5) is 44.5. The molecule has 0 spiro atoms. The summed E-state index contributed by atoms with van der Waals surface area (Å²) in [7, 11) is 0. The summed E-state index contributed by atoms with van der Waals surface area (Å²) in [6.07, 6.45) is 5.00. The van der Waals surface area contributed by atoms with Gasteiger partial charge in [0.05, 0.1) is 6.54 Å². The number of carbonyl (C=O) groups excluding carboxylic acids is 3. The van der Waals surface area contributed by atoms with Crippen LogP contribution >= 0.6 is 0 Å².